The van der Waals surface area contributed by atoms with Crippen LogP contribution in [0.3, 0.4) is 0 Å². The summed E-state index contributed by atoms with van der Waals surface area (Å²) in [7, 11) is 0. The first-order valence-corrected chi connectivity index (χ1v) is 11.7. The van der Waals surface area contributed by atoms with Gasteiger partial charge in [0, 0.05) is 11.1 Å². The summed E-state index contributed by atoms with van der Waals surface area (Å²) >= 11 is 0. The molecule has 0 aliphatic carbocycles. The summed E-state index contributed by atoms with van der Waals surface area (Å²) in [5.41, 5.74) is 5.33. The zero-order valence-electron chi connectivity index (χ0n) is 20.3. The largest absolute Gasteiger partial charge is 0.489 e. The Morgan fingerprint density at radius 2 is 1.46 bits per heavy atom. The normalized spacial score (nSPS) is 10.8. The number of carboxylic acids is 1. The molecule has 0 aliphatic heterocycles. The topological polar surface area (TPSA) is 55.8 Å². The zero-order valence-corrected chi connectivity index (χ0v) is 20.3. The van der Waals surface area contributed by atoms with Crippen LogP contribution in [0.25, 0.3) is 5.57 Å². The molecule has 5 heteroatoms. The van der Waals surface area contributed by atoms with Crippen molar-refractivity contribution in [1.82, 2.24) is 0 Å². The van der Waals surface area contributed by atoms with E-state index in [1.165, 1.54) is 12.1 Å². The molecule has 4 aromatic rings. The van der Waals surface area contributed by atoms with Crippen LogP contribution >= 0.6 is 0 Å². The number of carbonyl (C=O) groups is 1. The fourth-order valence-electron chi connectivity index (χ4n) is 3.67. The summed E-state index contributed by atoms with van der Waals surface area (Å²) in [6.07, 6.45) is 1.95. The first-order valence-electron chi connectivity index (χ1n) is 11.7. The van der Waals surface area contributed by atoms with Gasteiger partial charge in [-0.25, -0.2) is 9.18 Å². The lowest BCUT2D eigenvalue weighted by Gasteiger charge is -2.12. The Kier molecular flexibility index (Phi) is 8.36. The van der Waals surface area contributed by atoms with Gasteiger partial charge in [-0.15, -0.1) is 0 Å². The number of hydrogen-bond donors (Lipinski definition) is 1. The van der Waals surface area contributed by atoms with Crippen molar-refractivity contribution in [3.05, 3.63) is 137 Å². The third-order valence-electron chi connectivity index (χ3n) is 5.51. The van der Waals surface area contributed by atoms with Crippen LogP contribution in [0.1, 0.15) is 27.8 Å². The van der Waals surface area contributed by atoms with Crippen molar-refractivity contribution >= 4 is 11.5 Å². The summed E-state index contributed by atoms with van der Waals surface area (Å²) in [4.78, 5) is 10.7. The van der Waals surface area contributed by atoms with E-state index in [1.54, 1.807) is 30.3 Å². The Bertz CT molecular complexity index is 1450. The highest BCUT2D eigenvalue weighted by molar-refractivity contribution is 5.80. The van der Waals surface area contributed by atoms with Crippen molar-refractivity contribution in [2.45, 2.75) is 6.92 Å². The molecule has 0 unspecified atom stereocenters. The molecular weight excluding hydrogens is 467 g/mol. The van der Waals surface area contributed by atoms with Crippen LogP contribution in [-0.2, 0) is 4.79 Å². The van der Waals surface area contributed by atoms with E-state index < -0.39 is 12.6 Å². The average Bonchev–Trinajstić information content (AvgIpc) is 2.91. The Morgan fingerprint density at radius 1 is 0.838 bits per heavy atom. The molecule has 4 nitrogen and oxygen atoms in total. The zero-order chi connectivity index (χ0) is 26.0. The fraction of sp³-hybridized carbons (Fsp3) is 0.0938. The number of rotatable bonds is 8. The molecule has 0 aromatic heterocycles. The molecule has 0 saturated heterocycles. The predicted octanol–water partition coefficient (Wildman–Crippen LogP) is 6.51. The van der Waals surface area contributed by atoms with Crippen LogP contribution in [0.2, 0.25) is 0 Å². The first kappa shape index (κ1) is 25.3. The minimum Gasteiger partial charge on any atom is -0.489 e. The standard InChI is InChI=1S/C32H25FO4/c1-23-21-29(17-18-31(23)37-22-32(34)35)36-20-19-30(27-13-15-28(33)16-14-27)26-11-9-25(10-12-26)8-7-24-5-3-2-4-6-24/h2-6,9-19,21H,20,22H2,1H3,(H,34,35). The molecule has 4 rings (SSSR count). The van der Waals surface area contributed by atoms with Gasteiger partial charge in [0.1, 0.15) is 23.9 Å². The van der Waals surface area contributed by atoms with Gasteiger partial charge in [-0.05, 0) is 89.9 Å². The van der Waals surface area contributed by atoms with Crippen molar-refractivity contribution in [2.75, 3.05) is 13.2 Å². The van der Waals surface area contributed by atoms with E-state index in [-0.39, 0.29) is 12.4 Å². The van der Waals surface area contributed by atoms with Crippen molar-refractivity contribution in [2.24, 2.45) is 0 Å². The minimum absolute atomic E-state index is 0.275. The number of aliphatic carboxylic acids is 1. The molecule has 4 aromatic carbocycles. The van der Waals surface area contributed by atoms with Gasteiger partial charge in [-0.1, -0.05) is 54.3 Å². The average molecular weight is 493 g/mol. The lowest BCUT2D eigenvalue weighted by molar-refractivity contribution is -0.139. The lowest BCUT2D eigenvalue weighted by atomic mass is 9.96. The molecule has 184 valence electrons. The van der Waals surface area contributed by atoms with Crippen molar-refractivity contribution in [3.63, 3.8) is 0 Å². The highest BCUT2D eigenvalue weighted by Crippen LogP contribution is 2.26. The molecule has 0 spiro atoms. The van der Waals surface area contributed by atoms with E-state index >= 15 is 0 Å². The Morgan fingerprint density at radius 3 is 2.08 bits per heavy atom. The molecule has 1 N–H and O–H groups in total. The van der Waals surface area contributed by atoms with Crippen LogP contribution < -0.4 is 9.47 Å². The number of ether oxygens (including phenoxy) is 2. The van der Waals surface area contributed by atoms with Gasteiger partial charge < -0.3 is 14.6 Å². The maximum Gasteiger partial charge on any atom is 0.341 e. The number of carboxylic acid groups (broad SMARTS) is 1. The number of hydrogen-bond acceptors (Lipinski definition) is 3. The van der Waals surface area contributed by atoms with Crippen LogP contribution in [-0.4, -0.2) is 24.3 Å². The molecule has 0 bridgehead atoms. The van der Waals surface area contributed by atoms with Crippen LogP contribution in [0.5, 0.6) is 11.5 Å². The molecule has 0 heterocycles. The van der Waals surface area contributed by atoms with Gasteiger partial charge in [-0.3, -0.25) is 0 Å². The second-order valence-corrected chi connectivity index (χ2v) is 8.24. The van der Waals surface area contributed by atoms with E-state index in [9.17, 15) is 9.18 Å². The summed E-state index contributed by atoms with van der Waals surface area (Å²) < 4.78 is 24.8. The van der Waals surface area contributed by atoms with Gasteiger partial charge in [0.15, 0.2) is 6.61 Å². The van der Waals surface area contributed by atoms with Crippen molar-refractivity contribution in [3.8, 4) is 23.3 Å². The first-order chi connectivity index (χ1) is 18.0. The molecule has 0 amide bonds. The summed E-state index contributed by atoms with van der Waals surface area (Å²) in [6.45, 7) is 1.70. The maximum atomic E-state index is 13.6. The molecule has 0 fully saturated rings. The van der Waals surface area contributed by atoms with E-state index in [1.807, 2.05) is 67.6 Å². The van der Waals surface area contributed by atoms with Crippen molar-refractivity contribution in [1.29, 1.82) is 0 Å². The quantitative estimate of drug-likeness (QED) is 0.285. The van der Waals surface area contributed by atoms with Crippen LogP contribution in [0.15, 0.2) is 103 Å². The SMILES string of the molecule is Cc1cc(OCC=C(c2ccc(F)cc2)c2ccc(C#Cc3ccccc3)cc2)ccc1OCC(=O)O. The smallest absolute Gasteiger partial charge is 0.341 e. The van der Waals surface area contributed by atoms with Gasteiger partial charge in [-0.2, -0.15) is 0 Å². The van der Waals surface area contributed by atoms with Crippen LogP contribution in [0.4, 0.5) is 4.39 Å². The molecule has 0 aliphatic rings. The van der Waals surface area contributed by atoms with Crippen LogP contribution in [0, 0.1) is 24.6 Å². The van der Waals surface area contributed by atoms with E-state index in [0.29, 0.717) is 11.5 Å². The van der Waals surface area contributed by atoms with Gasteiger partial charge in [0.2, 0.25) is 0 Å². The van der Waals surface area contributed by atoms with Gasteiger partial charge >= 0.3 is 5.97 Å². The van der Waals surface area contributed by atoms with Gasteiger partial charge in [0.25, 0.3) is 0 Å². The molecule has 0 radical (unpaired) electrons. The number of aryl methyl sites for hydroxylation is 1. The Labute approximate surface area is 215 Å². The molecule has 37 heavy (non-hydrogen) atoms. The maximum absolute atomic E-state index is 13.6. The molecular formula is C32H25FO4. The van der Waals surface area contributed by atoms with E-state index in [2.05, 4.69) is 11.8 Å². The third kappa shape index (κ3) is 7.33. The monoisotopic (exact) mass is 492 g/mol. The minimum atomic E-state index is -1.03. The second-order valence-electron chi connectivity index (χ2n) is 8.24. The molecule has 0 atom stereocenters. The lowest BCUT2D eigenvalue weighted by Crippen LogP contribution is -2.10. The summed E-state index contributed by atoms with van der Waals surface area (Å²) in [5.74, 6) is 6.12. The third-order valence-corrected chi connectivity index (χ3v) is 5.51. The number of benzene rings is 4. The summed E-state index contributed by atoms with van der Waals surface area (Å²) in [6, 6.07) is 29.3. The fourth-order valence-corrected chi connectivity index (χ4v) is 3.67. The van der Waals surface area contributed by atoms with Crippen molar-refractivity contribution < 1.29 is 23.8 Å². The highest BCUT2D eigenvalue weighted by Gasteiger charge is 2.08. The Balaban J connectivity index is 1.52. The van der Waals surface area contributed by atoms with E-state index in [4.69, 9.17) is 14.6 Å². The predicted molar refractivity (Wildman–Crippen MR) is 142 cm³/mol. The highest BCUT2D eigenvalue weighted by atomic mass is 19.1. The Hall–Kier alpha value is -4.82. The van der Waals surface area contributed by atoms with E-state index in [0.717, 1.165) is 33.4 Å². The van der Waals surface area contributed by atoms with Gasteiger partial charge in [0.05, 0.1) is 0 Å². The second kappa shape index (κ2) is 12.2. The molecule has 0 saturated carbocycles. The summed E-state index contributed by atoms with van der Waals surface area (Å²) in [5, 5.41) is 8.80. The number of halogens is 1.